The maximum Gasteiger partial charge on any atom is 0.145 e. The highest BCUT2D eigenvalue weighted by Gasteiger charge is 2.05. The molecule has 3 heteroatoms. The maximum absolute atomic E-state index is 5.39. The SMILES string of the molecule is COc1ccc(C=Cc2ccc(N(C)C)cc2)c2cccnc12. The number of fused-ring (bicyclic) bond motifs is 1. The van der Waals surface area contributed by atoms with Crippen molar-refractivity contribution in [2.45, 2.75) is 0 Å². The molecule has 3 nitrogen and oxygen atoms in total. The molecule has 116 valence electrons. The Labute approximate surface area is 136 Å². The van der Waals surface area contributed by atoms with E-state index in [1.54, 1.807) is 13.3 Å². The quantitative estimate of drug-likeness (QED) is 0.665. The molecule has 0 saturated carbocycles. The number of pyridine rings is 1. The highest BCUT2D eigenvalue weighted by molar-refractivity contribution is 5.94. The van der Waals surface area contributed by atoms with Crippen LogP contribution in [-0.2, 0) is 0 Å². The van der Waals surface area contributed by atoms with Gasteiger partial charge < -0.3 is 9.64 Å². The summed E-state index contributed by atoms with van der Waals surface area (Å²) >= 11 is 0. The molecule has 2 aromatic carbocycles. The first-order valence-electron chi connectivity index (χ1n) is 7.56. The van der Waals surface area contributed by atoms with Crippen molar-refractivity contribution in [1.29, 1.82) is 0 Å². The Kier molecular flexibility index (Phi) is 4.29. The lowest BCUT2D eigenvalue weighted by molar-refractivity contribution is 0.419. The number of nitrogens with zero attached hydrogens (tertiary/aromatic N) is 2. The molecule has 0 bridgehead atoms. The minimum atomic E-state index is 0.799. The lowest BCUT2D eigenvalue weighted by Crippen LogP contribution is -2.07. The van der Waals surface area contributed by atoms with Gasteiger partial charge in [0.1, 0.15) is 11.3 Å². The third kappa shape index (κ3) is 3.19. The molecule has 0 atom stereocenters. The van der Waals surface area contributed by atoms with Crippen LogP contribution in [0.4, 0.5) is 5.69 Å². The number of methoxy groups -OCH3 is 1. The number of hydrogen-bond donors (Lipinski definition) is 0. The lowest BCUT2D eigenvalue weighted by Gasteiger charge is -2.11. The monoisotopic (exact) mass is 304 g/mol. The average molecular weight is 304 g/mol. The first kappa shape index (κ1) is 15.1. The number of ether oxygens (including phenoxy) is 1. The normalized spacial score (nSPS) is 11.1. The Morgan fingerprint density at radius 1 is 0.957 bits per heavy atom. The molecule has 1 heterocycles. The molecule has 23 heavy (non-hydrogen) atoms. The van der Waals surface area contributed by atoms with Gasteiger partial charge in [0, 0.05) is 31.4 Å². The second-order valence-corrected chi connectivity index (χ2v) is 5.58. The number of benzene rings is 2. The Balaban J connectivity index is 1.95. The van der Waals surface area contributed by atoms with Gasteiger partial charge in [-0.1, -0.05) is 36.4 Å². The van der Waals surface area contributed by atoms with Crippen LogP contribution >= 0.6 is 0 Å². The number of hydrogen-bond acceptors (Lipinski definition) is 3. The predicted octanol–water partition coefficient (Wildman–Crippen LogP) is 4.48. The zero-order valence-corrected chi connectivity index (χ0v) is 13.7. The summed E-state index contributed by atoms with van der Waals surface area (Å²) in [6.07, 6.45) is 6.03. The van der Waals surface area contributed by atoms with Crippen molar-refractivity contribution in [2.75, 3.05) is 26.1 Å². The second-order valence-electron chi connectivity index (χ2n) is 5.58. The van der Waals surface area contributed by atoms with Crippen LogP contribution < -0.4 is 9.64 Å². The molecular formula is C20H20N2O. The fourth-order valence-electron chi connectivity index (χ4n) is 2.55. The van der Waals surface area contributed by atoms with E-state index < -0.39 is 0 Å². The number of aromatic nitrogens is 1. The first-order valence-corrected chi connectivity index (χ1v) is 7.56. The molecule has 1 aromatic heterocycles. The van der Waals surface area contributed by atoms with Crippen molar-refractivity contribution in [1.82, 2.24) is 4.98 Å². The fraction of sp³-hybridized carbons (Fsp3) is 0.150. The Bertz CT molecular complexity index is 836. The van der Waals surface area contributed by atoms with Crippen molar-refractivity contribution in [2.24, 2.45) is 0 Å². The third-order valence-electron chi connectivity index (χ3n) is 3.85. The van der Waals surface area contributed by atoms with Crippen LogP contribution in [0.2, 0.25) is 0 Å². The van der Waals surface area contributed by atoms with Crippen LogP contribution in [0.1, 0.15) is 11.1 Å². The van der Waals surface area contributed by atoms with Gasteiger partial charge in [-0.25, -0.2) is 0 Å². The molecule has 3 rings (SSSR count). The highest BCUT2D eigenvalue weighted by Crippen LogP contribution is 2.27. The first-order chi connectivity index (χ1) is 11.2. The molecule has 0 unspecified atom stereocenters. The molecular weight excluding hydrogens is 284 g/mol. The molecule has 0 saturated heterocycles. The zero-order chi connectivity index (χ0) is 16.2. The molecule has 0 spiro atoms. The predicted molar refractivity (Wildman–Crippen MR) is 98.0 cm³/mol. The van der Waals surface area contributed by atoms with E-state index in [9.17, 15) is 0 Å². The largest absolute Gasteiger partial charge is 0.494 e. The Morgan fingerprint density at radius 2 is 1.74 bits per heavy atom. The van der Waals surface area contributed by atoms with Crippen LogP contribution in [-0.4, -0.2) is 26.2 Å². The van der Waals surface area contributed by atoms with E-state index in [-0.39, 0.29) is 0 Å². The van der Waals surface area contributed by atoms with Crippen molar-refractivity contribution in [3.63, 3.8) is 0 Å². The van der Waals surface area contributed by atoms with Gasteiger partial charge in [-0.2, -0.15) is 0 Å². The number of rotatable bonds is 4. The minimum Gasteiger partial charge on any atom is -0.494 e. The van der Waals surface area contributed by atoms with Crippen molar-refractivity contribution in [3.05, 3.63) is 65.9 Å². The molecule has 0 radical (unpaired) electrons. The standard InChI is InChI=1S/C20H20N2O/c1-22(2)17-11-7-15(8-12-17)6-9-16-10-13-19(23-3)20-18(16)5-4-14-21-20/h4-14H,1-3H3. The van der Waals surface area contributed by atoms with Crippen molar-refractivity contribution >= 4 is 28.7 Å². The van der Waals surface area contributed by atoms with E-state index >= 15 is 0 Å². The second kappa shape index (κ2) is 6.53. The van der Waals surface area contributed by atoms with Gasteiger partial charge in [-0.15, -0.1) is 0 Å². The van der Waals surface area contributed by atoms with Gasteiger partial charge in [0.15, 0.2) is 0 Å². The van der Waals surface area contributed by atoms with E-state index in [0.29, 0.717) is 0 Å². The molecule has 0 aliphatic carbocycles. The molecule has 0 aliphatic rings. The van der Waals surface area contributed by atoms with Crippen LogP contribution in [0.5, 0.6) is 5.75 Å². The van der Waals surface area contributed by atoms with Crippen molar-refractivity contribution in [3.8, 4) is 5.75 Å². The Hall–Kier alpha value is -2.81. The summed E-state index contributed by atoms with van der Waals surface area (Å²) in [6, 6.07) is 16.5. The summed E-state index contributed by atoms with van der Waals surface area (Å²) in [6.45, 7) is 0. The summed E-state index contributed by atoms with van der Waals surface area (Å²) in [5, 5.41) is 1.09. The van der Waals surface area contributed by atoms with Gasteiger partial charge >= 0.3 is 0 Å². The summed E-state index contributed by atoms with van der Waals surface area (Å²) in [5.74, 6) is 0.799. The van der Waals surface area contributed by atoms with Gasteiger partial charge in [0.25, 0.3) is 0 Å². The van der Waals surface area contributed by atoms with E-state index in [1.165, 1.54) is 11.3 Å². The summed E-state index contributed by atoms with van der Waals surface area (Å²) in [7, 11) is 5.76. The fourth-order valence-corrected chi connectivity index (χ4v) is 2.55. The maximum atomic E-state index is 5.39. The van der Waals surface area contributed by atoms with Crippen molar-refractivity contribution < 1.29 is 4.74 Å². The van der Waals surface area contributed by atoms with E-state index in [4.69, 9.17) is 4.74 Å². The van der Waals surface area contributed by atoms with Gasteiger partial charge in [0.05, 0.1) is 7.11 Å². The summed E-state index contributed by atoms with van der Waals surface area (Å²) < 4.78 is 5.39. The van der Waals surface area contributed by atoms with Crippen LogP contribution in [0.25, 0.3) is 23.1 Å². The molecule has 0 N–H and O–H groups in total. The average Bonchev–Trinajstić information content (AvgIpc) is 2.60. The molecule has 0 aliphatic heterocycles. The lowest BCUT2D eigenvalue weighted by atomic mass is 10.1. The van der Waals surface area contributed by atoms with Gasteiger partial charge in [0.2, 0.25) is 0 Å². The topological polar surface area (TPSA) is 25.4 Å². The summed E-state index contributed by atoms with van der Waals surface area (Å²) in [5.41, 5.74) is 4.38. The molecule has 3 aromatic rings. The van der Waals surface area contributed by atoms with E-state index in [1.807, 2.05) is 26.2 Å². The molecule has 0 amide bonds. The van der Waals surface area contributed by atoms with Crippen LogP contribution in [0.15, 0.2) is 54.7 Å². The van der Waals surface area contributed by atoms with Crippen LogP contribution in [0.3, 0.4) is 0 Å². The van der Waals surface area contributed by atoms with Gasteiger partial charge in [-0.3, -0.25) is 4.98 Å². The molecule has 0 fully saturated rings. The smallest absolute Gasteiger partial charge is 0.145 e. The minimum absolute atomic E-state index is 0.799. The van der Waals surface area contributed by atoms with Crippen LogP contribution in [0, 0.1) is 0 Å². The van der Waals surface area contributed by atoms with E-state index in [2.05, 4.69) is 58.4 Å². The zero-order valence-electron chi connectivity index (χ0n) is 13.7. The highest BCUT2D eigenvalue weighted by atomic mass is 16.5. The third-order valence-corrected chi connectivity index (χ3v) is 3.85. The van der Waals surface area contributed by atoms with Gasteiger partial charge in [-0.05, 0) is 35.4 Å². The Morgan fingerprint density at radius 3 is 2.43 bits per heavy atom. The van der Waals surface area contributed by atoms with E-state index in [0.717, 1.165) is 22.2 Å². The number of anilines is 1. The summed E-state index contributed by atoms with van der Waals surface area (Å²) in [4.78, 5) is 6.53.